The van der Waals surface area contributed by atoms with Gasteiger partial charge in [0, 0.05) is 12.5 Å². The summed E-state index contributed by atoms with van der Waals surface area (Å²) in [5.41, 5.74) is 0. The summed E-state index contributed by atoms with van der Waals surface area (Å²) in [7, 11) is 0. The molecular weight excluding hydrogens is 232 g/mol. The average Bonchev–Trinajstić information content (AvgIpc) is 3.10. The van der Waals surface area contributed by atoms with Crippen LogP contribution in [0.3, 0.4) is 0 Å². The Morgan fingerprint density at radius 3 is 3.22 bits per heavy atom. The predicted octanol–water partition coefficient (Wildman–Crippen LogP) is 0.737. The first-order valence-electron chi connectivity index (χ1n) is 6.23. The molecule has 7 nitrogen and oxygen atoms in total. The number of hydrogen-bond donors (Lipinski definition) is 1. The molecule has 7 heteroatoms. The zero-order valence-corrected chi connectivity index (χ0v) is 10.3. The molecule has 0 bridgehead atoms. The maximum absolute atomic E-state index is 5.33. The fraction of sp³-hybridized carbons (Fsp3) is 0.636. The van der Waals surface area contributed by atoms with Crippen LogP contribution in [0.2, 0.25) is 0 Å². The molecule has 0 aromatic carbocycles. The lowest BCUT2D eigenvalue weighted by molar-refractivity contribution is 0.328. The molecule has 1 fully saturated rings. The Bertz CT molecular complexity index is 487. The SMILES string of the molecule is CC(c1nc(C2CCCNC2)no1)n1cncn1. The van der Waals surface area contributed by atoms with Crippen molar-refractivity contribution in [3.63, 3.8) is 0 Å². The van der Waals surface area contributed by atoms with Crippen LogP contribution in [0.5, 0.6) is 0 Å². The zero-order valence-electron chi connectivity index (χ0n) is 10.3. The number of nitrogens with one attached hydrogen (secondary N) is 1. The van der Waals surface area contributed by atoms with Gasteiger partial charge < -0.3 is 9.84 Å². The van der Waals surface area contributed by atoms with E-state index in [0.29, 0.717) is 11.8 Å². The smallest absolute Gasteiger partial charge is 0.251 e. The number of piperidine rings is 1. The van der Waals surface area contributed by atoms with Gasteiger partial charge in [-0.2, -0.15) is 10.1 Å². The van der Waals surface area contributed by atoms with Gasteiger partial charge in [0.05, 0.1) is 0 Å². The molecule has 1 N–H and O–H groups in total. The second kappa shape index (κ2) is 4.85. The first-order chi connectivity index (χ1) is 8.84. The minimum absolute atomic E-state index is 0.0784. The molecular formula is C11H16N6O. The van der Waals surface area contributed by atoms with Crippen LogP contribution >= 0.6 is 0 Å². The van der Waals surface area contributed by atoms with Crippen LogP contribution in [0.4, 0.5) is 0 Å². The number of rotatable bonds is 3. The maximum atomic E-state index is 5.33. The van der Waals surface area contributed by atoms with Gasteiger partial charge in [0.25, 0.3) is 5.89 Å². The van der Waals surface area contributed by atoms with Gasteiger partial charge in [0.1, 0.15) is 18.7 Å². The number of nitrogens with zero attached hydrogens (tertiary/aromatic N) is 5. The largest absolute Gasteiger partial charge is 0.337 e. The molecule has 3 heterocycles. The molecule has 3 rings (SSSR count). The molecule has 18 heavy (non-hydrogen) atoms. The van der Waals surface area contributed by atoms with E-state index in [9.17, 15) is 0 Å². The topological polar surface area (TPSA) is 81.7 Å². The summed E-state index contributed by atoms with van der Waals surface area (Å²) in [6.07, 6.45) is 5.42. The fourth-order valence-electron chi connectivity index (χ4n) is 2.19. The van der Waals surface area contributed by atoms with Crippen molar-refractivity contribution in [2.75, 3.05) is 13.1 Å². The quantitative estimate of drug-likeness (QED) is 0.862. The Balaban J connectivity index is 1.76. The second-order valence-corrected chi connectivity index (χ2v) is 4.59. The lowest BCUT2D eigenvalue weighted by atomic mass is 9.99. The Labute approximate surface area is 105 Å². The van der Waals surface area contributed by atoms with E-state index in [4.69, 9.17) is 4.52 Å². The summed E-state index contributed by atoms with van der Waals surface area (Å²) in [6.45, 7) is 3.97. The Morgan fingerprint density at radius 2 is 2.50 bits per heavy atom. The van der Waals surface area contributed by atoms with E-state index in [0.717, 1.165) is 31.8 Å². The fourth-order valence-corrected chi connectivity index (χ4v) is 2.19. The van der Waals surface area contributed by atoms with E-state index in [1.807, 2.05) is 6.92 Å². The van der Waals surface area contributed by atoms with Gasteiger partial charge in [-0.3, -0.25) is 0 Å². The van der Waals surface area contributed by atoms with Crippen LogP contribution in [-0.4, -0.2) is 38.0 Å². The van der Waals surface area contributed by atoms with Gasteiger partial charge in [-0.1, -0.05) is 5.16 Å². The van der Waals surface area contributed by atoms with Crippen LogP contribution in [0.1, 0.15) is 43.4 Å². The van der Waals surface area contributed by atoms with Crippen molar-refractivity contribution in [2.45, 2.75) is 31.7 Å². The molecule has 96 valence electrons. The minimum atomic E-state index is -0.0784. The molecule has 2 atom stereocenters. The van der Waals surface area contributed by atoms with E-state index in [2.05, 4.69) is 25.5 Å². The van der Waals surface area contributed by atoms with Crippen molar-refractivity contribution < 1.29 is 4.52 Å². The van der Waals surface area contributed by atoms with Gasteiger partial charge in [-0.25, -0.2) is 9.67 Å². The van der Waals surface area contributed by atoms with Gasteiger partial charge in [-0.05, 0) is 26.3 Å². The monoisotopic (exact) mass is 248 g/mol. The molecule has 1 saturated heterocycles. The van der Waals surface area contributed by atoms with Gasteiger partial charge in [0.2, 0.25) is 0 Å². The summed E-state index contributed by atoms with van der Waals surface area (Å²) < 4.78 is 7.03. The molecule has 0 spiro atoms. The molecule has 2 aromatic heterocycles. The van der Waals surface area contributed by atoms with Crippen LogP contribution in [0, 0.1) is 0 Å². The number of aromatic nitrogens is 5. The standard InChI is InChI=1S/C11H16N6O/c1-8(17-7-13-6-14-17)11-15-10(16-18-11)9-3-2-4-12-5-9/h6-9,12H,2-5H2,1H3. The third kappa shape index (κ3) is 2.13. The molecule has 0 aliphatic carbocycles. The van der Waals surface area contributed by atoms with Crippen LogP contribution in [-0.2, 0) is 0 Å². The highest BCUT2D eigenvalue weighted by molar-refractivity contribution is 5.00. The third-order valence-corrected chi connectivity index (χ3v) is 3.31. The summed E-state index contributed by atoms with van der Waals surface area (Å²) in [6, 6.07) is -0.0784. The van der Waals surface area contributed by atoms with E-state index in [1.165, 1.54) is 6.33 Å². The average molecular weight is 248 g/mol. The highest BCUT2D eigenvalue weighted by Crippen LogP contribution is 2.22. The van der Waals surface area contributed by atoms with Gasteiger partial charge in [-0.15, -0.1) is 0 Å². The molecule has 1 aliphatic rings. The lowest BCUT2D eigenvalue weighted by Crippen LogP contribution is -2.28. The summed E-state index contributed by atoms with van der Waals surface area (Å²) in [5, 5.41) is 11.5. The summed E-state index contributed by atoms with van der Waals surface area (Å²) in [5.74, 6) is 1.74. The Hall–Kier alpha value is -1.76. The van der Waals surface area contributed by atoms with Crippen molar-refractivity contribution in [1.29, 1.82) is 0 Å². The minimum Gasteiger partial charge on any atom is -0.337 e. The normalized spacial score (nSPS) is 21.9. The molecule has 0 saturated carbocycles. The molecule has 0 radical (unpaired) electrons. The highest BCUT2D eigenvalue weighted by atomic mass is 16.5. The van der Waals surface area contributed by atoms with E-state index >= 15 is 0 Å². The Kier molecular flexibility index (Phi) is 3.06. The van der Waals surface area contributed by atoms with Gasteiger partial charge in [0.15, 0.2) is 5.82 Å². The molecule has 0 amide bonds. The molecule has 1 aliphatic heterocycles. The van der Waals surface area contributed by atoms with Gasteiger partial charge >= 0.3 is 0 Å². The second-order valence-electron chi connectivity index (χ2n) is 4.59. The first-order valence-corrected chi connectivity index (χ1v) is 6.23. The van der Waals surface area contributed by atoms with E-state index < -0.39 is 0 Å². The van der Waals surface area contributed by atoms with Crippen molar-refractivity contribution in [1.82, 2.24) is 30.2 Å². The first kappa shape index (κ1) is 11.3. The highest BCUT2D eigenvalue weighted by Gasteiger charge is 2.23. The van der Waals surface area contributed by atoms with Crippen molar-refractivity contribution in [3.8, 4) is 0 Å². The third-order valence-electron chi connectivity index (χ3n) is 3.31. The van der Waals surface area contributed by atoms with Crippen LogP contribution in [0.15, 0.2) is 17.2 Å². The zero-order chi connectivity index (χ0) is 12.4. The van der Waals surface area contributed by atoms with E-state index in [1.54, 1.807) is 11.0 Å². The summed E-state index contributed by atoms with van der Waals surface area (Å²) >= 11 is 0. The predicted molar refractivity (Wildman–Crippen MR) is 63.0 cm³/mol. The molecule has 2 aromatic rings. The summed E-state index contributed by atoms with van der Waals surface area (Å²) in [4.78, 5) is 8.40. The van der Waals surface area contributed by atoms with Crippen molar-refractivity contribution in [3.05, 3.63) is 24.4 Å². The van der Waals surface area contributed by atoms with E-state index in [-0.39, 0.29) is 6.04 Å². The van der Waals surface area contributed by atoms with Crippen molar-refractivity contribution in [2.24, 2.45) is 0 Å². The lowest BCUT2D eigenvalue weighted by Gasteiger charge is -2.19. The van der Waals surface area contributed by atoms with Crippen LogP contribution < -0.4 is 5.32 Å². The Morgan fingerprint density at radius 1 is 1.56 bits per heavy atom. The number of hydrogen-bond acceptors (Lipinski definition) is 6. The van der Waals surface area contributed by atoms with Crippen molar-refractivity contribution >= 4 is 0 Å². The molecule has 2 unspecified atom stereocenters. The van der Waals surface area contributed by atoms with Crippen LogP contribution in [0.25, 0.3) is 0 Å². The maximum Gasteiger partial charge on any atom is 0.251 e.